The van der Waals surface area contributed by atoms with Crippen molar-refractivity contribution in [3.8, 4) is 0 Å². The number of nitrogens with zero attached hydrogens (tertiary/aromatic N) is 5. The van der Waals surface area contributed by atoms with Gasteiger partial charge in [0.1, 0.15) is 12.4 Å². The fraction of sp³-hybridized carbons (Fsp3) is 0.136. The van der Waals surface area contributed by atoms with Crippen LogP contribution < -0.4 is 5.32 Å². The number of hydrogen-bond acceptors (Lipinski definition) is 5. The molecule has 0 aliphatic heterocycles. The summed E-state index contributed by atoms with van der Waals surface area (Å²) in [5, 5.41) is 21.9. The Kier molecular flexibility index (Phi) is 5.57. The van der Waals surface area contributed by atoms with Gasteiger partial charge in [-0.05, 0) is 30.2 Å². The minimum atomic E-state index is -0.487. The molecule has 156 valence electrons. The second kappa shape index (κ2) is 8.62. The van der Waals surface area contributed by atoms with E-state index in [9.17, 15) is 14.9 Å². The summed E-state index contributed by atoms with van der Waals surface area (Å²) in [4.78, 5) is 22.8. The Labute approximate surface area is 178 Å². The number of carbonyl (C=O) groups is 1. The lowest BCUT2D eigenvalue weighted by molar-refractivity contribution is -0.385. The van der Waals surface area contributed by atoms with Gasteiger partial charge in [-0.2, -0.15) is 10.2 Å². The highest BCUT2D eigenvalue weighted by Crippen LogP contribution is 2.13. The Balaban J connectivity index is 1.36. The summed E-state index contributed by atoms with van der Waals surface area (Å²) in [7, 11) is 0. The monoisotopic (exact) mass is 416 g/mol. The van der Waals surface area contributed by atoms with Gasteiger partial charge in [-0.25, -0.2) is 0 Å². The van der Waals surface area contributed by atoms with E-state index in [1.807, 2.05) is 31.3 Å². The number of nitrogens with one attached hydrogen (secondary N) is 1. The summed E-state index contributed by atoms with van der Waals surface area (Å²) in [6.07, 6.45) is 4.40. The number of anilines is 1. The van der Waals surface area contributed by atoms with E-state index in [1.54, 1.807) is 35.0 Å². The molecule has 9 heteroatoms. The van der Waals surface area contributed by atoms with Gasteiger partial charge in [0.2, 0.25) is 0 Å². The number of carbonyl (C=O) groups excluding carboxylic acids is 1. The van der Waals surface area contributed by atoms with Crippen molar-refractivity contribution in [3.63, 3.8) is 0 Å². The Morgan fingerprint density at radius 1 is 1.06 bits per heavy atom. The normalized spacial score (nSPS) is 10.7. The average molecular weight is 416 g/mol. The van der Waals surface area contributed by atoms with E-state index in [0.717, 1.165) is 11.1 Å². The molecule has 4 rings (SSSR count). The van der Waals surface area contributed by atoms with Crippen LogP contribution in [0.15, 0.2) is 73.2 Å². The first kappa shape index (κ1) is 20.0. The van der Waals surface area contributed by atoms with Crippen LogP contribution in [-0.2, 0) is 13.1 Å². The number of benzene rings is 2. The Morgan fingerprint density at radius 3 is 2.55 bits per heavy atom. The van der Waals surface area contributed by atoms with Crippen molar-refractivity contribution >= 4 is 17.4 Å². The highest BCUT2D eigenvalue weighted by atomic mass is 16.6. The van der Waals surface area contributed by atoms with Crippen LogP contribution in [-0.4, -0.2) is 30.4 Å². The lowest BCUT2D eigenvalue weighted by Gasteiger charge is -2.05. The van der Waals surface area contributed by atoms with Crippen LogP contribution in [0.5, 0.6) is 0 Å². The van der Waals surface area contributed by atoms with Crippen molar-refractivity contribution in [2.24, 2.45) is 0 Å². The molecule has 2 aromatic carbocycles. The predicted octanol–water partition coefficient (Wildman–Crippen LogP) is 3.65. The van der Waals surface area contributed by atoms with Crippen molar-refractivity contribution in [2.75, 3.05) is 5.32 Å². The van der Waals surface area contributed by atoms with Gasteiger partial charge in [-0.15, -0.1) is 0 Å². The maximum atomic E-state index is 12.5. The molecule has 0 aliphatic rings. The Morgan fingerprint density at radius 2 is 1.84 bits per heavy atom. The topological polar surface area (TPSA) is 108 Å². The van der Waals surface area contributed by atoms with E-state index in [0.29, 0.717) is 24.5 Å². The van der Waals surface area contributed by atoms with Crippen molar-refractivity contribution in [2.45, 2.75) is 20.0 Å². The Bertz CT molecular complexity index is 1230. The molecule has 1 amide bonds. The van der Waals surface area contributed by atoms with Crippen molar-refractivity contribution in [3.05, 3.63) is 106 Å². The van der Waals surface area contributed by atoms with Crippen molar-refractivity contribution in [1.29, 1.82) is 0 Å². The average Bonchev–Trinajstić information content (AvgIpc) is 3.38. The maximum Gasteiger partial charge on any atom is 0.307 e. The van der Waals surface area contributed by atoms with Crippen LogP contribution in [0.4, 0.5) is 11.5 Å². The summed E-state index contributed by atoms with van der Waals surface area (Å²) in [6, 6.07) is 16.9. The molecule has 9 nitrogen and oxygen atoms in total. The third-order valence-electron chi connectivity index (χ3n) is 4.70. The van der Waals surface area contributed by atoms with Gasteiger partial charge in [0.15, 0.2) is 5.82 Å². The fourth-order valence-electron chi connectivity index (χ4n) is 3.18. The molecule has 0 fully saturated rings. The second-order valence-corrected chi connectivity index (χ2v) is 7.19. The quantitative estimate of drug-likeness (QED) is 0.365. The molecule has 0 spiro atoms. The van der Waals surface area contributed by atoms with Gasteiger partial charge < -0.3 is 5.32 Å². The van der Waals surface area contributed by atoms with Gasteiger partial charge in [-0.3, -0.25) is 24.3 Å². The number of nitro groups is 1. The number of aromatic nitrogens is 4. The van der Waals surface area contributed by atoms with Crippen LogP contribution in [0.3, 0.4) is 0 Å². The minimum absolute atomic E-state index is 0.0576. The maximum absolute atomic E-state index is 12.5. The smallest absolute Gasteiger partial charge is 0.305 e. The molecule has 0 atom stereocenters. The number of hydrogen-bond donors (Lipinski definition) is 1. The highest BCUT2D eigenvalue weighted by molar-refractivity contribution is 6.03. The molecular formula is C22H20N6O3. The van der Waals surface area contributed by atoms with E-state index in [1.165, 1.54) is 22.6 Å². The molecule has 0 radical (unpaired) electrons. The lowest BCUT2D eigenvalue weighted by atomic mass is 10.1. The molecule has 1 N–H and O–H groups in total. The molecular weight excluding hydrogens is 396 g/mol. The third kappa shape index (κ3) is 5.02. The van der Waals surface area contributed by atoms with Gasteiger partial charge in [0, 0.05) is 17.8 Å². The summed E-state index contributed by atoms with van der Waals surface area (Å²) in [5.74, 6) is 0.215. The first-order valence-corrected chi connectivity index (χ1v) is 9.62. The van der Waals surface area contributed by atoms with Gasteiger partial charge >= 0.3 is 5.69 Å². The lowest BCUT2D eigenvalue weighted by Crippen LogP contribution is -2.13. The summed E-state index contributed by atoms with van der Waals surface area (Å²) < 4.78 is 3.25. The standard InChI is InChI=1S/C22H20N6O3/c1-16-3-2-4-18(11-16)14-26-10-9-21(25-26)24-22(29)19-7-5-17(6-8-19)13-27-15-20(12-23-27)28(30)31/h2-12,15H,13-14H2,1H3,(H,24,25,29). The van der Waals surface area contributed by atoms with Crippen LogP contribution in [0, 0.1) is 17.0 Å². The van der Waals surface area contributed by atoms with Gasteiger partial charge in [0.25, 0.3) is 5.91 Å². The molecule has 0 unspecified atom stereocenters. The van der Waals surface area contributed by atoms with Gasteiger partial charge in [0.05, 0.1) is 18.0 Å². The summed E-state index contributed by atoms with van der Waals surface area (Å²) >= 11 is 0. The number of amides is 1. The zero-order valence-corrected chi connectivity index (χ0v) is 16.8. The Hall–Kier alpha value is -4.27. The third-order valence-corrected chi connectivity index (χ3v) is 4.70. The largest absolute Gasteiger partial charge is 0.307 e. The minimum Gasteiger partial charge on any atom is -0.305 e. The summed E-state index contributed by atoms with van der Waals surface area (Å²) in [5.41, 5.74) is 3.63. The van der Waals surface area contributed by atoms with Crippen molar-refractivity contribution < 1.29 is 9.72 Å². The molecule has 31 heavy (non-hydrogen) atoms. The van der Waals surface area contributed by atoms with Crippen LogP contribution >= 0.6 is 0 Å². The molecule has 0 saturated carbocycles. The molecule has 0 saturated heterocycles. The zero-order valence-electron chi connectivity index (χ0n) is 16.8. The zero-order chi connectivity index (χ0) is 21.8. The summed E-state index contributed by atoms with van der Waals surface area (Å²) in [6.45, 7) is 3.04. The van der Waals surface area contributed by atoms with E-state index >= 15 is 0 Å². The second-order valence-electron chi connectivity index (χ2n) is 7.19. The molecule has 0 bridgehead atoms. The fourth-order valence-corrected chi connectivity index (χ4v) is 3.18. The molecule has 4 aromatic rings. The van der Waals surface area contributed by atoms with Crippen molar-refractivity contribution in [1.82, 2.24) is 19.6 Å². The first-order valence-electron chi connectivity index (χ1n) is 9.62. The number of aryl methyl sites for hydroxylation is 1. The van der Waals surface area contributed by atoms with E-state index in [4.69, 9.17) is 0 Å². The SMILES string of the molecule is Cc1cccc(Cn2ccc(NC(=O)c3ccc(Cn4cc([N+](=O)[O-])cn4)cc3)n2)c1. The highest BCUT2D eigenvalue weighted by Gasteiger charge is 2.11. The predicted molar refractivity (Wildman–Crippen MR) is 115 cm³/mol. The molecule has 0 aliphatic carbocycles. The van der Waals surface area contributed by atoms with Gasteiger partial charge in [-0.1, -0.05) is 42.0 Å². The van der Waals surface area contributed by atoms with E-state index < -0.39 is 4.92 Å². The van der Waals surface area contributed by atoms with Crippen LogP contribution in [0.2, 0.25) is 0 Å². The van der Waals surface area contributed by atoms with Crippen LogP contribution in [0.25, 0.3) is 0 Å². The van der Waals surface area contributed by atoms with Crippen LogP contribution in [0.1, 0.15) is 27.0 Å². The molecule has 2 heterocycles. The van der Waals surface area contributed by atoms with E-state index in [-0.39, 0.29) is 11.6 Å². The molecule has 2 aromatic heterocycles. The van der Waals surface area contributed by atoms with E-state index in [2.05, 4.69) is 21.6 Å². The number of rotatable bonds is 7. The first-order chi connectivity index (χ1) is 15.0.